The Morgan fingerprint density at radius 2 is 1.64 bits per heavy atom. The number of rotatable bonds is 4. The van der Waals surface area contributed by atoms with Gasteiger partial charge in [0, 0.05) is 20.1 Å². The Kier molecular flexibility index (Phi) is 9.88. The van der Waals surface area contributed by atoms with Crippen molar-refractivity contribution < 1.29 is 4.79 Å². The number of hydrogen-bond donors (Lipinski definition) is 1. The lowest BCUT2D eigenvalue weighted by molar-refractivity contribution is 0.220. The quantitative estimate of drug-likeness (QED) is 0.537. The smallest absolute Gasteiger partial charge is 0.337 e. The summed E-state index contributed by atoms with van der Waals surface area (Å²) in [5.41, 5.74) is 4.54. The number of nitroso groups, excluding NO2 is 2. The summed E-state index contributed by atoms with van der Waals surface area (Å²) in [6.45, 7) is 5.20. The highest BCUT2D eigenvalue weighted by Crippen LogP contribution is 1.82. The first kappa shape index (κ1) is 14.8. The molecular weight excluding hydrogens is 190 g/mol. The molecule has 0 aliphatic heterocycles. The van der Waals surface area contributed by atoms with Gasteiger partial charge in [-0.15, -0.1) is 9.81 Å². The number of amides is 2. The first-order chi connectivity index (χ1) is 6.53. The first-order valence-corrected chi connectivity index (χ1v) is 3.98. The summed E-state index contributed by atoms with van der Waals surface area (Å²) in [6.07, 6.45) is 0. The second-order valence-electron chi connectivity index (χ2n) is 2.16. The Bertz CT molecular complexity index is 182. The van der Waals surface area contributed by atoms with Crippen LogP contribution in [-0.2, 0) is 0 Å². The molecule has 0 bridgehead atoms. The predicted molar refractivity (Wildman–Crippen MR) is 51.9 cm³/mol. The summed E-state index contributed by atoms with van der Waals surface area (Å²) >= 11 is 0. The van der Waals surface area contributed by atoms with Crippen LogP contribution in [0.1, 0.15) is 13.8 Å². The van der Waals surface area contributed by atoms with Crippen LogP contribution in [0.4, 0.5) is 4.79 Å². The van der Waals surface area contributed by atoms with Gasteiger partial charge in [-0.05, 0) is 13.8 Å². The number of hydrogen-bond acceptors (Lipinski definition) is 5. The fraction of sp³-hybridized carbons (Fsp3) is 0.833. The number of carbonyl (C=O) groups is 1. The van der Waals surface area contributed by atoms with Crippen molar-refractivity contribution in [1.29, 1.82) is 0 Å². The maximum atomic E-state index is 9.78. The van der Waals surface area contributed by atoms with E-state index in [0.29, 0.717) is 18.1 Å². The molecule has 0 aliphatic carbocycles. The van der Waals surface area contributed by atoms with Crippen LogP contribution in [0.2, 0.25) is 0 Å². The molecule has 0 aromatic rings. The van der Waals surface area contributed by atoms with Crippen molar-refractivity contribution >= 4 is 6.03 Å². The maximum absolute atomic E-state index is 9.78. The third-order valence-electron chi connectivity index (χ3n) is 1.29. The number of nitrogens with two attached hydrogens (primary N) is 1. The molecule has 0 unspecified atom stereocenters. The molecule has 0 fully saturated rings. The Hall–Kier alpha value is -1.73. The predicted octanol–water partition coefficient (Wildman–Crippen LogP) is 0.688. The van der Waals surface area contributed by atoms with E-state index in [1.807, 2.05) is 13.8 Å². The van der Waals surface area contributed by atoms with Crippen LogP contribution in [0, 0.1) is 9.81 Å². The molecule has 0 heterocycles. The molecule has 0 radical (unpaired) electrons. The third kappa shape index (κ3) is 8.37. The SMILES string of the molecule is CCN(CC)N=O.CN(N=O)C(N)=O. The van der Waals surface area contributed by atoms with Crippen LogP contribution in [0.3, 0.4) is 0 Å². The van der Waals surface area contributed by atoms with Crippen LogP contribution in [0.5, 0.6) is 0 Å². The van der Waals surface area contributed by atoms with Gasteiger partial charge in [0.1, 0.15) is 0 Å². The van der Waals surface area contributed by atoms with Crippen LogP contribution in [0.15, 0.2) is 10.6 Å². The zero-order chi connectivity index (χ0) is 11.6. The molecule has 8 nitrogen and oxygen atoms in total. The summed E-state index contributed by atoms with van der Waals surface area (Å²) in [5.74, 6) is 0. The van der Waals surface area contributed by atoms with Gasteiger partial charge >= 0.3 is 6.03 Å². The topological polar surface area (TPSA) is 108 Å². The van der Waals surface area contributed by atoms with E-state index in [4.69, 9.17) is 0 Å². The average molecular weight is 205 g/mol. The Labute approximate surface area is 81.9 Å². The fourth-order valence-corrected chi connectivity index (χ4v) is 0.379. The molecule has 2 N–H and O–H groups in total. The van der Waals surface area contributed by atoms with Crippen molar-refractivity contribution in [3.63, 3.8) is 0 Å². The van der Waals surface area contributed by atoms with Crippen molar-refractivity contribution in [1.82, 2.24) is 10.0 Å². The molecular formula is C6H15N5O3. The number of primary amides is 1. The van der Waals surface area contributed by atoms with Crippen molar-refractivity contribution in [2.24, 2.45) is 16.3 Å². The van der Waals surface area contributed by atoms with E-state index < -0.39 is 6.03 Å². The van der Waals surface area contributed by atoms with E-state index in [9.17, 15) is 14.6 Å². The third-order valence-corrected chi connectivity index (χ3v) is 1.29. The lowest BCUT2D eigenvalue weighted by Crippen LogP contribution is -2.26. The van der Waals surface area contributed by atoms with Crippen LogP contribution < -0.4 is 5.73 Å². The molecule has 14 heavy (non-hydrogen) atoms. The van der Waals surface area contributed by atoms with Crippen LogP contribution in [-0.4, -0.2) is 36.2 Å². The molecule has 0 saturated heterocycles. The van der Waals surface area contributed by atoms with Gasteiger partial charge in [-0.25, -0.2) is 4.79 Å². The maximum Gasteiger partial charge on any atom is 0.337 e. The highest BCUT2D eigenvalue weighted by Gasteiger charge is 1.97. The minimum absolute atomic E-state index is 0.500. The van der Waals surface area contributed by atoms with Crippen molar-refractivity contribution in [2.45, 2.75) is 13.8 Å². The molecule has 0 aromatic carbocycles. The summed E-state index contributed by atoms with van der Waals surface area (Å²) < 4.78 is 0. The minimum Gasteiger partial charge on any atom is -0.350 e. The Morgan fingerprint density at radius 3 is 1.64 bits per heavy atom. The minimum atomic E-state index is -0.852. The van der Waals surface area contributed by atoms with Gasteiger partial charge in [-0.3, -0.25) is 5.01 Å². The number of nitrogens with zero attached hydrogens (tertiary/aromatic N) is 4. The van der Waals surface area contributed by atoms with E-state index in [0.717, 1.165) is 0 Å². The zero-order valence-electron chi connectivity index (χ0n) is 8.51. The van der Waals surface area contributed by atoms with Gasteiger partial charge in [0.2, 0.25) is 0 Å². The summed E-state index contributed by atoms with van der Waals surface area (Å²) in [6, 6.07) is -0.852. The average Bonchev–Trinajstić information content (AvgIpc) is 2.20. The second-order valence-corrected chi connectivity index (χ2v) is 2.16. The van der Waals surface area contributed by atoms with E-state index in [1.54, 1.807) is 0 Å². The van der Waals surface area contributed by atoms with Crippen LogP contribution in [0.25, 0.3) is 0 Å². The molecule has 0 saturated carbocycles. The molecule has 0 aromatic heterocycles. The van der Waals surface area contributed by atoms with E-state index >= 15 is 0 Å². The Balaban J connectivity index is 0. The molecule has 0 atom stereocenters. The Morgan fingerprint density at radius 1 is 1.21 bits per heavy atom. The van der Waals surface area contributed by atoms with E-state index in [1.165, 1.54) is 12.1 Å². The number of urea groups is 1. The van der Waals surface area contributed by atoms with Gasteiger partial charge in [0.05, 0.1) is 10.6 Å². The molecule has 0 rings (SSSR count). The molecule has 2 amide bonds. The second kappa shape index (κ2) is 9.36. The summed E-state index contributed by atoms with van der Waals surface area (Å²) in [4.78, 5) is 28.7. The van der Waals surface area contributed by atoms with E-state index in [2.05, 4.69) is 16.3 Å². The molecule has 0 spiro atoms. The van der Waals surface area contributed by atoms with E-state index in [-0.39, 0.29) is 0 Å². The monoisotopic (exact) mass is 205 g/mol. The van der Waals surface area contributed by atoms with Crippen molar-refractivity contribution in [3.05, 3.63) is 9.81 Å². The lowest BCUT2D eigenvalue weighted by Gasteiger charge is -2.06. The molecule has 8 heteroatoms. The summed E-state index contributed by atoms with van der Waals surface area (Å²) in [5, 5.41) is 6.85. The van der Waals surface area contributed by atoms with Gasteiger partial charge < -0.3 is 5.73 Å². The number of carbonyl (C=O) groups excluding carboxylic acids is 1. The standard InChI is InChI=1S/C4H10N2O.C2H5N3O2/c1-3-6(4-2)5-7;1-5(4-7)2(3)6/h3-4H2,1-2H3;1H3,(H2,3,6). The zero-order valence-corrected chi connectivity index (χ0v) is 8.51. The fourth-order valence-electron chi connectivity index (χ4n) is 0.379. The largest absolute Gasteiger partial charge is 0.350 e. The normalized spacial score (nSPS) is 7.93. The molecule has 0 aliphatic rings. The van der Waals surface area contributed by atoms with Gasteiger partial charge in [-0.1, -0.05) is 0 Å². The van der Waals surface area contributed by atoms with Crippen LogP contribution >= 0.6 is 0 Å². The first-order valence-electron chi connectivity index (χ1n) is 3.98. The summed E-state index contributed by atoms with van der Waals surface area (Å²) in [7, 11) is 1.18. The lowest BCUT2D eigenvalue weighted by atomic mass is 10.6. The van der Waals surface area contributed by atoms with Crippen molar-refractivity contribution in [2.75, 3.05) is 20.1 Å². The molecule has 82 valence electrons. The highest BCUT2D eigenvalue weighted by atomic mass is 16.3. The van der Waals surface area contributed by atoms with Gasteiger partial charge in [0.25, 0.3) is 0 Å². The highest BCUT2D eigenvalue weighted by molar-refractivity contribution is 5.71. The van der Waals surface area contributed by atoms with Gasteiger partial charge in [0.15, 0.2) is 0 Å². The van der Waals surface area contributed by atoms with Gasteiger partial charge in [-0.2, -0.15) is 5.01 Å². The van der Waals surface area contributed by atoms with Crippen molar-refractivity contribution in [3.8, 4) is 0 Å².